The summed E-state index contributed by atoms with van der Waals surface area (Å²) < 4.78 is 50.7. The summed E-state index contributed by atoms with van der Waals surface area (Å²) in [4.78, 5) is 27.3. The molecule has 1 aliphatic rings. The summed E-state index contributed by atoms with van der Waals surface area (Å²) in [6, 6.07) is 11.5. The number of hydrogen-bond acceptors (Lipinski definition) is 5. The highest BCUT2D eigenvalue weighted by Crippen LogP contribution is 2.29. The number of halogens is 3. The number of hydrogen-bond donors (Lipinski definition) is 1. The third-order valence-corrected chi connectivity index (χ3v) is 5.59. The van der Waals surface area contributed by atoms with Crippen LogP contribution in [0.15, 0.2) is 48.5 Å². The monoisotopic (exact) mass is 488 g/mol. The minimum absolute atomic E-state index is 0.0187. The molecule has 3 aromatic rings. The fraction of sp³-hybridized carbons (Fsp3) is 0.292. The number of carbonyl (C=O) groups is 2. The molecule has 184 valence electrons. The predicted octanol–water partition coefficient (Wildman–Crippen LogP) is 3.51. The SMILES string of the molecule is COc1cc(CN2CCn3nc(C(=O)NCc4cccc(C(F)(F)F)c4)cc3C2=O)cc(OC)c1. The van der Waals surface area contributed by atoms with Gasteiger partial charge in [0.1, 0.15) is 17.2 Å². The topological polar surface area (TPSA) is 85.7 Å². The molecule has 8 nitrogen and oxygen atoms in total. The molecule has 2 amide bonds. The molecule has 0 spiro atoms. The van der Waals surface area contributed by atoms with Crippen molar-refractivity contribution in [1.29, 1.82) is 0 Å². The van der Waals surface area contributed by atoms with Crippen LogP contribution >= 0.6 is 0 Å². The van der Waals surface area contributed by atoms with Crippen LogP contribution in [0.5, 0.6) is 11.5 Å². The Morgan fingerprint density at radius 3 is 2.40 bits per heavy atom. The lowest BCUT2D eigenvalue weighted by Crippen LogP contribution is -2.39. The Morgan fingerprint density at radius 2 is 1.74 bits per heavy atom. The van der Waals surface area contributed by atoms with Gasteiger partial charge < -0.3 is 19.7 Å². The van der Waals surface area contributed by atoms with Crippen LogP contribution in [0.1, 0.15) is 37.7 Å². The molecule has 2 aromatic carbocycles. The van der Waals surface area contributed by atoms with E-state index in [2.05, 4.69) is 10.4 Å². The van der Waals surface area contributed by atoms with Gasteiger partial charge in [0.25, 0.3) is 11.8 Å². The second kappa shape index (κ2) is 9.69. The molecule has 35 heavy (non-hydrogen) atoms. The number of alkyl halides is 3. The molecular weight excluding hydrogens is 465 g/mol. The van der Waals surface area contributed by atoms with E-state index in [-0.39, 0.29) is 23.8 Å². The Kier molecular flexibility index (Phi) is 6.68. The van der Waals surface area contributed by atoms with Crippen molar-refractivity contribution in [2.24, 2.45) is 0 Å². The molecule has 0 saturated heterocycles. The zero-order valence-electron chi connectivity index (χ0n) is 19.1. The van der Waals surface area contributed by atoms with Crippen molar-refractivity contribution in [3.05, 3.63) is 76.6 Å². The predicted molar refractivity (Wildman–Crippen MR) is 119 cm³/mol. The van der Waals surface area contributed by atoms with Crippen molar-refractivity contribution in [3.63, 3.8) is 0 Å². The third-order valence-electron chi connectivity index (χ3n) is 5.59. The summed E-state index contributed by atoms with van der Waals surface area (Å²) in [6.45, 7) is 0.985. The Hall–Kier alpha value is -4.02. The van der Waals surface area contributed by atoms with E-state index in [1.54, 1.807) is 25.2 Å². The highest BCUT2D eigenvalue weighted by Gasteiger charge is 2.31. The second-order valence-corrected chi connectivity index (χ2v) is 7.97. The van der Waals surface area contributed by atoms with Crippen molar-refractivity contribution in [2.75, 3.05) is 20.8 Å². The average Bonchev–Trinajstić information content (AvgIpc) is 3.29. The summed E-state index contributed by atoms with van der Waals surface area (Å²) in [5.41, 5.74) is 0.608. The smallest absolute Gasteiger partial charge is 0.416 e. The molecule has 2 heterocycles. The van der Waals surface area contributed by atoms with E-state index in [9.17, 15) is 22.8 Å². The Labute approximate surface area is 199 Å². The van der Waals surface area contributed by atoms with Crippen molar-refractivity contribution in [2.45, 2.75) is 25.8 Å². The lowest BCUT2D eigenvalue weighted by atomic mass is 10.1. The number of fused-ring (bicyclic) bond motifs is 1. The van der Waals surface area contributed by atoms with Crippen LogP contribution in [-0.2, 0) is 25.8 Å². The Balaban J connectivity index is 1.44. The molecule has 1 aromatic heterocycles. The molecule has 0 atom stereocenters. The lowest BCUT2D eigenvalue weighted by molar-refractivity contribution is -0.137. The first-order chi connectivity index (χ1) is 16.7. The number of nitrogens with zero attached hydrogens (tertiary/aromatic N) is 3. The molecule has 4 rings (SSSR count). The van der Waals surface area contributed by atoms with Gasteiger partial charge in [-0.1, -0.05) is 12.1 Å². The average molecular weight is 488 g/mol. The maximum Gasteiger partial charge on any atom is 0.416 e. The first kappa shape index (κ1) is 24.1. The van der Waals surface area contributed by atoms with Gasteiger partial charge in [0.2, 0.25) is 0 Å². The summed E-state index contributed by atoms with van der Waals surface area (Å²) in [7, 11) is 3.09. The van der Waals surface area contributed by atoms with E-state index >= 15 is 0 Å². The van der Waals surface area contributed by atoms with Gasteiger partial charge in [0, 0.05) is 31.8 Å². The molecule has 0 aliphatic carbocycles. The third kappa shape index (κ3) is 5.39. The van der Waals surface area contributed by atoms with Crippen molar-refractivity contribution in [1.82, 2.24) is 20.0 Å². The maximum absolute atomic E-state index is 13.0. The number of methoxy groups -OCH3 is 2. The van der Waals surface area contributed by atoms with E-state index in [1.807, 2.05) is 12.1 Å². The number of aromatic nitrogens is 2. The molecule has 0 saturated carbocycles. The van der Waals surface area contributed by atoms with E-state index in [1.165, 1.54) is 22.9 Å². The van der Waals surface area contributed by atoms with Crippen LogP contribution in [0.2, 0.25) is 0 Å². The largest absolute Gasteiger partial charge is 0.497 e. The number of rotatable bonds is 7. The summed E-state index contributed by atoms with van der Waals surface area (Å²) in [6.07, 6.45) is -4.47. The lowest BCUT2D eigenvalue weighted by Gasteiger charge is -2.27. The van der Waals surface area contributed by atoms with Gasteiger partial charge >= 0.3 is 6.18 Å². The standard InChI is InChI=1S/C24H23F3N4O4/c1-34-18-9-16(10-19(11-18)35-2)14-30-6-7-31-21(23(30)33)12-20(29-31)22(32)28-13-15-4-3-5-17(8-15)24(25,26)27/h3-5,8-12H,6-7,13-14H2,1-2H3,(H,28,32). The highest BCUT2D eigenvalue weighted by molar-refractivity contribution is 5.98. The Morgan fingerprint density at radius 1 is 1.03 bits per heavy atom. The summed E-state index contributed by atoms with van der Waals surface area (Å²) in [5.74, 6) is 0.339. The zero-order chi connectivity index (χ0) is 25.2. The van der Waals surface area contributed by atoms with Gasteiger partial charge in [-0.2, -0.15) is 18.3 Å². The van der Waals surface area contributed by atoms with E-state index in [0.29, 0.717) is 36.7 Å². The van der Waals surface area contributed by atoms with E-state index < -0.39 is 17.6 Å². The van der Waals surface area contributed by atoms with Crippen LogP contribution in [0.4, 0.5) is 13.2 Å². The summed E-state index contributed by atoms with van der Waals surface area (Å²) in [5, 5.41) is 6.76. The maximum atomic E-state index is 13.0. The van der Waals surface area contributed by atoms with E-state index in [4.69, 9.17) is 9.47 Å². The van der Waals surface area contributed by atoms with Crippen molar-refractivity contribution >= 4 is 11.8 Å². The number of nitrogens with one attached hydrogen (secondary N) is 1. The molecule has 0 radical (unpaired) electrons. The summed E-state index contributed by atoms with van der Waals surface area (Å²) >= 11 is 0. The second-order valence-electron chi connectivity index (χ2n) is 7.97. The van der Waals surface area contributed by atoms with Crippen molar-refractivity contribution in [3.8, 4) is 11.5 Å². The molecule has 0 unspecified atom stereocenters. The quantitative estimate of drug-likeness (QED) is 0.550. The number of carbonyl (C=O) groups excluding carboxylic acids is 2. The van der Waals surface area contributed by atoms with Gasteiger partial charge in [-0.3, -0.25) is 14.3 Å². The molecule has 0 fully saturated rings. The van der Waals surface area contributed by atoms with Gasteiger partial charge in [-0.25, -0.2) is 0 Å². The van der Waals surface area contributed by atoms with Crippen LogP contribution < -0.4 is 14.8 Å². The fourth-order valence-electron chi connectivity index (χ4n) is 3.81. The van der Waals surface area contributed by atoms with Crippen LogP contribution in [-0.4, -0.2) is 47.3 Å². The van der Waals surface area contributed by atoms with Gasteiger partial charge in [0.05, 0.1) is 26.3 Å². The number of amides is 2. The van der Waals surface area contributed by atoms with Gasteiger partial charge in [-0.15, -0.1) is 0 Å². The van der Waals surface area contributed by atoms with Gasteiger partial charge in [-0.05, 0) is 35.4 Å². The number of benzene rings is 2. The molecule has 1 N–H and O–H groups in total. The van der Waals surface area contributed by atoms with Crippen LogP contribution in [0.25, 0.3) is 0 Å². The van der Waals surface area contributed by atoms with Crippen LogP contribution in [0.3, 0.4) is 0 Å². The minimum Gasteiger partial charge on any atom is -0.497 e. The Bertz CT molecular complexity index is 1230. The first-order valence-electron chi connectivity index (χ1n) is 10.7. The van der Waals surface area contributed by atoms with Crippen molar-refractivity contribution < 1.29 is 32.2 Å². The minimum atomic E-state index is -4.47. The molecular formula is C24H23F3N4O4. The highest BCUT2D eigenvalue weighted by atomic mass is 19.4. The van der Waals surface area contributed by atoms with Gasteiger partial charge in [0.15, 0.2) is 5.69 Å². The molecule has 0 bridgehead atoms. The number of ether oxygens (including phenoxy) is 2. The first-order valence-corrected chi connectivity index (χ1v) is 10.7. The molecule has 1 aliphatic heterocycles. The molecule has 11 heteroatoms. The fourth-order valence-corrected chi connectivity index (χ4v) is 3.81. The normalized spacial score (nSPS) is 13.4. The zero-order valence-corrected chi connectivity index (χ0v) is 19.1. The van der Waals surface area contributed by atoms with Crippen LogP contribution in [0, 0.1) is 0 Å². The van der Waals surface area contributed by atoms with E-state index in [0.717, 1.165) is 17.7 Å².